The van der Waals surface area contributed by atoms with Gasteiger partial charge in [-0.05, 0) is 62.6 Å². The summed E-state index contributed by atoms with van der Waals surface area (Å²) in [5, 5.41) is 0.387. The highest BCUT2D eigenvalue weighted by molar-refractivity contribution is 7.92. The molecule has 0 atom stereocenters. The van der Waals surface area contributed by atoms with Crippen molar-refractivity contribution < 1.29 is 17.6 Å². The van der Waals surface area contributed by atoms with E-state index in [4.69, 9.17) is 0 Å². The number of carbonyl (C=O) groups is 1. The molecule has 7 nitrogen and oxygen atoms in total. The van der Waals surface area contributed by atoms with Gasteiger partial charge in [-0.3, -0.25) is 14.0 Å². The first-order chi connectivity index (χ1) is 16.7. The standard InChI is InChI=1S/C25H25FN4O3S2/c1-28(2)16-17-30(25-27-23-21(26)10-7-11-22(23)34-25)24(31)18-12-14-20(15-13-18)35(32,33)29(3)19-8-5-4-6-9-19/h4-15H,16-17H2,1-3H3. The van der Waals surface area contributed by atoms with Gasteiger partial charge in [0.15, 0.2) is 5.13 Å². The number of likely N-dealkylation sites (N-methyl/N-ethyl adjacent to an activating group) is 1. The lowest BCUT2D eigenvalue weighted by Gasteiger charge is -2.22. The predicted octanol–water partition coefficient (Wildman–Crippen LogP) is 4.47. The van der Waals surface area contributed by atoms with Gasteiger partial charge in [0.2, 0.25) is 0 Å². The van der Waals surface area contributed by atoms with Crippen molar-refractivity contribution in [3.63, 3.8) is 0 Å². The van der Waals surface area contributed by atoms with E-state index in [0.29, 0.717) is 34.2 Å². The van der Waals surface area contributed by atoms with E-state index in [-0.39, 0.29) is 16.3 Å². The Hall–Kier alpha value is -3.34. The van der Waals surface area contributed by atoms with Gasteiger partial charge in [0.1, 0.15) is 11.3 Å². The third kappa shape index (κ3) is 5.19. The zero-order chi connectivity index (χ0) is 25.2. The molecule has 0 fully saturated rings. The number of amides is 1. The number of anilines is 2. The molecular formula is C25H25FN4O3S2. The Morgan fingerprint density at radius 2 is 1.60 bits per heavy atom. The maximum Gasteiger partial charge on any atom is 0.264 e. The number of nitrogens with zero attached hydrogens (tertiary/aromatic N) is 4. The number of hydrogen-bond donors (Lipinski definition) is 0. The van der Waals surface area contributed by atoms with Crippen molar-refractivity contribution in [2.24, 2.45) is 0 Å². The molecule has 0 saturated carbocycles. The van der Waals surface area contributed by atoms with Crippen LogP contribution >= 0.6 is 11.3 Å². The molecule has 182 valence electrons. The summed E-state index contributed by atoms with van der Waals surface area (Å²) >= 11 is 1.24. The third-order valence-electron chi connectivity index (χ3n) is 5.48. The van der Waals surface area contributed by atoms with Crippen molar-refractivity contribution in [1.29, 1.82) is 0 Å². The molecule has 0 aliphatic carbocycles. The smallest absolute Gasteiger partial charge is 0.264 e. The zero-order valence-corrected chi connectivity index (χ0v) is 21.2. The first-order valence-electron chi connectivity index (χ1n) is 10.8. The molecule has 10 heteroatoms. The van der Waals surface area contributed by atoms with E-state index in [9.17, 15) is 17.6 Å². The summed E-state index contributed by atoms with van der Waals surface area (Å²) in [6.45, 7) is 0.905. The van der Waals surface area contributed by atoms with E-state index in [0.717, 1.165) is 0 Å². The fraction of sp³-hybridized carbons (Fsp3) is 0.200. The van der Waals surface area contributed by atoms with Gasteiger partial charge in [-0.2, -0.15) is 0 Å². The van der Waals surface area contributed by atoms with Crippen LogP contribution in [-0.4, -0.2) is 58.4 Å². The van der Waals surface area contributed by atoms with Gasteiger partial charge in [0.05, 0.1) is 15.3 Å². The van der Waals surface area contributed by atoms with Gasteiger partial charge in [-0.25, -0.2) is 17.8 Å². The number of benzene rings is 3. The van der Waals surface area contributed by atoms with E-state index in [1.165, 1.54) is 57.9 Å². The summed E-state index contributed by atoms with van der Waals surface area (Å²) in [6.07, 6.45) is 0. The molecule has 0 aliphatic heterocycles. The lowest BCUT2D eigenvalue weighted by Crippen LogP contribution is -2.36. The monoisotopic (exact) mass is 512 g/mol. The average molecular weight is 513 g/mol. The second kappa shape index (κ2) is 10.1. The molecule has 0 saturated heterocycles. The molecule has 1 aromatic heterocycles. The first kappa shape index (κ1) is 24.8. The quantitative estimate of drug-likeness (QED) is 0.348. The average Bonchev–Trinajstić information content (AvgIpc) is 3.29. The summed E-state index contributed by atoms with van der Waals surface area (Å²) in [4.78, 5) is 21.3. The molecule has 1 heterocycles. The molecule has 1 amide bonds. The van der Waals surface area contributed by atoms with Crippen LogP contribution in [-0.2, 0) is 10.0 Å². The largest absolute Gasteiger partial charge is 0.308 e. The van der Waals surface area contributed by atoms with E-state index >= 15 is 0 Å². The normalized spacial score (nSPS) is 11.7. The molecule has 0 radical (unpaired) electrons. The Balaban J connectivity index is 1.64. The van der Waals surface area contributed by atoms with Gasteiger partial charge < -0.3 is 4.90 Å². The number of fused-ring (bicyclic) bond motifs is 1. The van der Waals surface area contributed by atoms with Gasteiger partial charge in [-0.15, -0.1) is 0 Å². The number of halogens is 1. The van der Waals surface area contributed by atoms with Gasteiger partial charge in [-0.1, -0.05) is 35.6 Å². The van der Waals surface area contributed by atoms with E-state index in [1.54, 1.807) is 36.4 Å². The van der Waals surface area contributed by atoms with Crippen LogP contribution in [0, 0.1) is 5.82 Å². The summed E-state index contributed by atoms with van der Waals surface area (Å²) in [7, 11) is 1.47. The van der Waals surface area contributed by atoms with Crippen molar-refractivity contribution >= 4 is 48.3 Å². The van der Waals surface area contributed by atoms with Crippen molar-refractivity contribution in [1.82, 2.24) is 9.88 Å². The Morgan fingerprint density at radius 3 is 2.23 bits per heavy atom. The number of carbonyl (C=O) groups excluding carboxylic acids is 1. The molecule has 0 bridgehead atoms. The van der Waals surface area contributed by atoms with Crippen LogP contribution in [0.2, 0.25) is 0 Å². The number of para-hydroxylation sites is 2. The highest BCUT2D eigenvalue weighted by Crippen LogP contribution is 2.31. The van der Waals surface area contributed by atoms with Crippen LogP contribution < -0.4 is 9.21 Å². The van der Waals surface area contributed by atoms with Gasteiger partial charge in [0.25, 0.3) is 15.9 Å². The van der Waals surface area contributed by atoms with Gasteiger partial charge in [0, 0.05) is 25.7 Å². The van der Waals surface area contributed by atoms with E-state index in [2.05, 4.69) is 4.98 Å². The molecule has 0 aliphatic rings. The van der Waals surface area contributed by atoms with Crippen molar-refractivity contribution in [3.8, 4) is 0 Å². The van der Waals surface area contributed by atoms with Crippen LogP contribution in [0.3, 0.4) is 0 Å². The topological polar surface area (TPSA) is 73.8 Å². The fourth-order valence-electron chi connectivity index (χ4n) is 3.46. The van der Waals surface area contributed by atoms with Crippen LogP contribution in [0.5, 0.6) is 0 Å². The minimum Gasteiger partial charge on any atom is -0.308 e. The highest BCUT2D eigenvalue weighted by atomic mass is 32.2. The first-order valence-corrected chi connectivity index (χ1v) is 13.1. The SMILES string of the molecule is CN(C)CCN(C(=O)c1ccc(S(=O)(=O)N(C)c2ccccc2)cc1)c1nc2c(F)cccc2s1. The number of rotatable bonds is 8. The number of aromatic nitrogens is 1. The van der Waals surface area contributed by atoms with Gasteiger partial charge >= 0.3 is 0 Å². The maximum atomic E-state index is 14.2. The molecule has 0 spiro atoms. The number of sulfonamides is 1. The highest BCUT2D eigenvalue weighted by Gasteiger charge is 2.25. The van der Waals surface area contributed by atoms with E-state index < -0.39 is 15.8 Å². The number of hydrogen-bond acceptors (Lipinski definition) is 6. The summed E-state index contributed by atoms with van der Waals surface area (Å²) in [5.74, 6) is -0.784. The van der Waals surface area contributed by atoms with Crippen molar-refractivity contribution in [2.75, 3.05) is 43.4 Å². The molecule has 3 aromatic carbocycles. The Kier molecular flexibility index (Phi) is 7.15. The van der Waals surface area contributed by atoms with Crippen molar-refractivity contribution in [3.05, 3.63) is 84.2 Å². The summed E-state index contributed by atoms with van der Waals surface area (Å²) < 4.78 is 42.2. The van der Waals surface area contributed by atoms with Crippen LogP contribution in [0.4, 0.5) is 15.2 Å². The molecule has 0 N–H and O–H groups in total. The molecular weight excluding hydrogens is 487 g/mol. The molecule has 4 aromatic rings. The lowest BCUT2D eigenvalue weighted by atomic mass is 10.2. The molecule has 35 heavy (non-hydrogen) atoms. The number of thiazole rings is 1. The molecule has 4 rings (SSSR count). The Labute approximate surface area is 208 Å². The second-order valence-electron chi connectivity index (χ2n) is 8.18. The Bertz CT molecular complexity index is 1440. The Morgan fingerprint density at radius 1 is 0.914 bits per heavy atom. The van der Waals surface area contributed by atoms with Crippen molar-refractivity contribution in [2.45, 2.75) is 4.90 Å². The zero-order valence-electron chi connectivity index (χ0n) is 19.6. The predicted molar refractivity (Wildman–Crippen MR) is 138 cm³/mol. The fourth-order valence-corrected chi connectivity index (χ4v) is 5.66. The third-order valence-corrected chi connectivity index (χ3v) is 8.33. The minimum atomic E-state index is -3.80. The molecule has 0 unspecified atom stereocenters. The maximum absolute atomic E-state index is 14.2. The minimum absolute atomic E-state index is 0.0716. The van der Waals surface area contributed by atoms with Crippen LogP contribution in [0.15, 0.2) is 77.7 Å². The van der Waals surface area contributed by atoms with E-state index in [1.807, 2.05) is 25.1 Å². The van der Waals surface area contributed by atoms with Crippen LogP contribution in [0.1, 0.15) is 10.4 Å². The lowest BCUT2D eigenvalue weighted by molar-refractivity contribution is 0.0985. The van der Waals surface area contributed by atoms with Crippen LogP contribution in [0.25, 0.3) is 10.2 Å². The summed E-state index contributed by atoms with van der Waals surface area (Å²) in [6, 6.07) is 19.3. The summed E-state index contributed by atoms with van der Waals surface area (Å²) in [5.41, 5.74) is 1.07. The second-order valence-corrected chi connectivity index (χ2v) is 11.2.